The molecule has 3 rings (SSSR count). The summed E-state index contributed by atoms with van der Waals surface area (Å²) in [5, 5.41) is 6.80. The fourth-order valence-electron chi connectivity index (χ4n) is 3.24. The first-order chi connectivity index (χ1) is 12.6. The lowest BCUT2D eigenvalue weighted by molar-refractivity contribution is 0.131. The van der Waals surface area contributed by atoms with Gasteiger partial charge < -0.3 is 4.74 Å². The average molecular weight is 351 g/mol. The van der Waals surface area contributed by atoms with Crippen LogP contribution in [0.2, 0.25) is 0 Å². The molecule has 0 N–H and O–H groups in total. The van der Waals surface area contributed by atoms with Crippen LogP contribution >= 0.6 is 0 Å². The molecule has 0 bridgehead atoms. The van der Waals surface area contributed by atoms with Gasteiger partial charge in [-0.1, -0.05) is 23.8 Å². The van der Waals surface area contributed by atoms with Crippen molar-refractivity contribution in [1.29, 1.82) is 0 Å². The monoisotopic (exact) mass is 351 g/mol. The van der Waals surface area contributed by atoms with E-state index in [2.05, 4.69) is 47.1 Å². The predicted octanol–water partition coefficient (Wildman–Crippen LogP) is 3.85. The van der Waals surface area contributed by atoms with E-state index in [4.69, 9.17) is 4.74 Å². The highest BCUT2D eigenvalue weighted by Crippen LogP contribution is 2.15. The molecule has 1 aliphatic heterocycles. The minimum atomic E-state index is 0.694. The lowest BCUT2D eigenvalue weighted by Gasteiger charge is -2.33. The number of hydrogen-bond acceptors (Lipinski definition) is 4. The van der Waals surface area contributed by atoms with Crippen LogP contribution in [0.15, 0.2) is 47.6 Å². The minimum absolute atomic E-state index is 0.694. The van der Waals surface area contributed by atoms with Crippen molar-refractivity contribution in [2.75, 3.05) is 32.8 Å². The Balaban J connectivity index is 1.48. The summed E-state index contributed by atoms with van der Waals surface area (Å²) in [5.74, 6) is 0.907. The number of benzene rings is 2. The first kappa shape index (κ1) is 18.5. The second-order valence-corrected chi connectivity index (χ2v) is 6.91. The van der Waals surface area contributed by atoms with Gasteiger partial charge in [0.05, 0.1) is 12.8 Å². The maximum atomic E-state index is 5.47. The summed E-state index contributed by atoms with van der Waals surface area (Å²) >= 11 is 0. The van der Waals surface area contributed by atoms with Gasteiger partial charge in [0.2, 0.25) is 0 Å². The third kappa shape index (κ3) is 5.09. The fraction of sp³-hybridized carbons (Fsp3) is 0.409. The van der Waals surface area contributed by atoms with Crippen molar-refractivity contribution >= 4 is 6.21 Å². The lowest BCUT2D eigenvalue weighted by Crippen LogP contribution is -2.43. The molecule has 0 aromatic heterocycles. The van der Waals surface area contributed by atoms with E-state index < -0.39 is 0 Å². The van der Waals surface area contributed by atoms with Crippen molar-refractivity contribution in [2.24, 2.45) is 5.10 Å². The molecule has 0 spiro atoms. The van der Waals surface area contributed by atoms with E-state index in [-0.39, 0.29) is 0 Å². The van der Waals surface area contributed by atoms with E-state index in [1.165, 1.54) is 16.7 Å². The Bertz CT molecular complexity index is 732. The molecular weight excluding hydrogens is 322 g/mol. The second-order valence-electron chi connectivity index (χ2n) is 6.91. The Morgan fingerprint density at radius 2 is 1.73 bits per heavy atom. The number of ether oxygens (including phenoxy) is 1. The van der Waals surface area contributed by atoms with Gasteiger partial charge in [0.15, 0.2) is 0 Å². The molecule has 0 amide bonds. The van der Waals surface area contributed by atoms with E-state index >= 15 is 0 Å². The normalized spacial score (nSPS) is 15.6. The van der Waals surface area contributed by atoms with Gasteiger partial charge in [-0.3, -0.25) is 9.91 Å². The first-order valence-electron chi connectivity index (χ1n) is 9.44. The standard InChI is InChI=1S/C22H29N3O/c1-4-26-22-9-6-20(7-10-22)16-23-25-13-11-24(12-14-25)17-21-8-5-18(2)15-19(21)3/h5-10,15-16H,4,11-14,17H2,1-3H3. The molecule has 0 unspecified atom stereocenters. The van der Waals surface area contributed by atoms with E-state index in [0.29, 0.717) is 6.61 Å². The Morgan fingerprint density at radius 3 is 2.38 bits per heavy atom. The number of aryl methyl sites for hydroxylation is 2. The molecule has 0 aliphatic carbocycles. The molecule has 1 heterocycles. The molecular formula is C22H29N3O. The Kier molecular flexibility index (Phi) is 6.29. The van der Waals surface area contributed by atoms with Gasteiger partial charge in [-0.25, -0.2) is 0 Å². The molecule has 0 atom stereocenters. The Morgan fingerprint density at radius 1 is 1.00 bits per heavy atom. The fourth-order valence-corrected chi connectivity index (χ4v) is 3.24. The van der Waals surface area contributed by atoms with Crippen LogP contribution in [-0.2, 0) is 6.54 Å². The van der Waals surface area contributed by atoms with E-state index in [9.17, 15) is 0 Å². The number of rotatable bonds is 6. The van der Waals surface area contributed by atoms with Crippen LogP contribution in [-0.4, -0.2) is 48.9 Å². The van der Waals surface area contributed by atoms with Crippen molar-refractivity contribution in [1.82, 2.24) is 9.91 Å². The number of nitrogens with zero attached hydrogens (tertiary/aromatic N) is 3. The van der Waals surface area contributed by atoms with Crippen LogP contribution in [0.5, 0.6) is 5.75 Å². The predicted molar refractivity (Wildman–Crippen MR) is 108 cm³/mol. The Labute approximate surface area is 157 Å². The highest BCUT2D eigenvalue weighted by molar-refractivity contribution is 5.79. The first-order valence-corrected chi connectivity index (χ1v) is 9.44. The van der Waals surface area contributed by atoms with Crippen LogP contribution < -0.4 is 4.74 Å². The van der Waals surface area contributed by atoms with Gasteiger partial charge in [-0.15, -0.1) is 0 Å². The van der Waals surface area contributed by atoms with E-state index in [1.54, 1.807) is 0 Å². The Hall–Kier alpha value is -2.33. The van der Waals surface area contributed by atoms with Crippen LogP contribution in [0.4, 0.5) is 0 Å². The molecule has 1 aliphatic rings. The molecule has 138 valence electrons. The van der Waals surface area contributed by atoms with Crippen LogP contribution in [0.25, 0.3) is 0 Å². The summed E-state index contributed by atoms with van der Waals surface area (Å²) in [7, 11) is 0. The number of piperazine rings is 1. The molecule has 1 fully saturated rings. The van der Waals surface area contributed by atoms with Crippen molar-refractivity contribution in [2.45, 2.75) is 27.3 Å². The topological polar surface area (TPSA) is 28.1 Å². The highest BCUT2D eigenvalue weighted by Gasteiger charge is 2.16. The van der Waals surface area contributed by atoms with Gasteiger partial charge in [0.25, 0.3) is 0 Å². The molecule has 0 radical (unpaired) electrons. The lowest BCUT2D eigenvalue weighted by atomic mass is 10.1. The molecule has 1 saturated heterocycles. The largest absolute Gasteiger partial charge is 0.494 e. The smallest absolute Gasteiger partial charge is 0.119 e. The second kappa shape index (κ2) is 8.86. The molecule has 26 heavy (non-hydrogen) atoms. The third-order valence-corrected chi connectivity index (χ3v) is 4.80. The summed E-state index contributed by atoms with van der Waals surface area (Å²) < 4.78 is 5.47. The third-order valence-electron chi connectivity index (χ3n) is 4.80. The molecule has 4 nitrogen and oxygen atoms in total. The maximum absolute atomic E-state index is 5.47. The summed E-state index contributed by atoms with van der Waals surface area (Å²) in [6.07, 6.45) is 1.94. The van der Waals surface area contributed by atoms with Crippen LogP contribution in [0.3, 0.4) is 0 Å². The molecule has 2 aromatic carbocycles. The van der Waals surface area contributed by atoms with E-state index in [1.807, 2.05) is 37.4 Å². The van der Waals surface area contributed by atoms with Crippen molar-refractivity contribution in [3.05, 3.63) is 64.7 Å². The average Bonchev–Trinajstić information content (AvgIpc) is 2.65. The van der Waals surface area contributed by atoms with E-state index in [0.717, 1.165) is 44.0 Å². The van der Waals surface area contributed by atoms with Gasteiger partial charge in [-0.05, 0) is 61.7 Å². The van der Waals surface area contributed by atoms with Crippen molar-refractivity contribution in [3.8, 4) is 5.75 Å². The van der Waals surface area contributed by atoms with Crippen LogP contribution in [0.1, 0.15) is 29.2 Å². The zero-order valence-corrected chi connectivity index (χ0v) is 16.1. The molecule has 4 heteroatoms. The van der Waals surface area contributed by atoms with Gasteiger partial charge in [-0.2, -0.15) is 5.10 Å². The zero-order chi connectivity index (χ0) is 18.4. The summed E-state index contributed by atoms with van der Waals surface area (Å²) in [6.45, 7) is 12.1. The van der Waals surface area contributed by atoms with Crippen molar-refractivity contribution < 1.29 is 4.74 Å². The highest BCUT2D eigenvalue weighted by atomic mass is 16.5. The summed E-state index contributed by atoms with van der Waals surface area (Å²) in [5.41, 5.74) is 5.26. The van der Waals surface area contributed by atoms with Gasteiger partial charge in [0.1, 0.15) is 5.75 Å². The molecule has 0 saturated carbocycles. The number of hydrazone groups is 1. The van der Waals surface area contributed by atoms with Crippen LogP contribution in [0, 0.1) is 13.8 Å². The summed E-state index contributed by atoms with van der Waals surface area (Å²) in [4.78, 5) is 2.51. The van der Waals surface area contributed by atoms with Gasteiger partial charge in [0, 0.05) is 32.7 Å². The number of hydrogen-bond donors (Lipinski definition) is 0. The summed E-state index contributed by atoms with van der Waals surface area (Å²) in [6, 6.07) is 14.8. The maximum Gasteiger partial charge on any atom is 0.119 e. The van der Waals surface area contributed by atoms with Gasteiger partial charge >= 0.3 is 0 Å². The minimum Gasteiger partial charge on any atom is -0.494 e. The molecule has 2 aromatic rings. The SMILES string of the molecule is CCOc1ccc(C=NN2CCN(Cc3ccc(C)cc3C)CC2)cc1. The van der Waals surface area contributed by atoms with Crippen molar-refractivity contribution in [3.63, 3.8) is 0 Å². The quantitative estimate of drug-likeness (QED) is 0.740. The zero-order valence-electron chi connectivity index (χ0n) is 16.1.